The van der Waals surface area contributed by atoms with Crippen molar-refractivity contribution in [3.05, 3.63) is 46.0 Å². The summed E-state index contributed by atoms with van der Waals surface area (Å²) in [6.07, 6.45) is 1.45. The molecule has 2 rings (SSSR count). The molecule has 1 heterocycles. The fourth-order valence-corrected chi connectivity index (χ4v) is 3.73. The van der Waals surface area contributed by atoms with Crippen molar-refractivity contribution in [3.8, 4) is 0 Å². The highest BCUT2D eigenvalue weighted by atomic mass is 79.9. The summed E-state index contributed by atoms with van der Waals surface area (Å²) in [6.45, 7) is 0. The number of benzene rings is 1. The Morgan fingerprint density at radius 3 is 2.68 bits per heavy atom. The highest BCUT2D eigenvalue weighted by Gasteiger charge is 2.19. The van der Waals surface area contributed by atoms with E-state index in [1.165, 1.54) is 24.4 Å². The summed E-state index contributed by atoms with van der Waals surface area (Å²) in [5.41, 5.74) is 6.03. The van der Waals surface area contributed by atoms with E-state index in [9.17, 15) is 8.42 Å². The molecular formula is C11H9BrClN3O2S. The Morgan fingerprint density at radius 2 is 2.05 bits per heavy atom. The minimum absolute atomic E-state index is 0.0587. The van der Waals surface area contributed by atoms with Gasteiger partial charge in [0.1, 0.15) is 4.90 Å². The number of hydrogen-bond acceptors (Lipinski definition) is 4. The molecule has 3 N–H and O–H groups in total. The number of pyridine rings is 1. The Morgan fingerprint density at radius 1 is 1.32 bits per heavy atom. The molecule has 100 valence electrons. The second-order valence-electron chi connectivity index (χ2n) is 3.63. The summed E-state index contributed by atoms with van der Waals surface area (Å²) in [6, 6.07) is 7.57. The third kappa shape index (κ3) is 3.17. The van der Waals surface area contributed by atoms with Crippen molar-refractivity contribution >= 4 is 49.1 Å². The number of halogens is 2. The van der Waals surface area contributed by atoms with Crippen LogP contribution in [0.15, 0.2) is 45.9 Å². The molecule has 0 bridgehead atoms. The van der Waals surface area contributed by atoms with Crippen molar-refractivity contribution in [3.63, 3.8) is 0 Å². The molecular weight excluding hydrogens is 354 g/mol. The topological polar surface area (TPSA) is 85.1 Å². The molecule has 0 fully saturated rings. The van der Waals surface area contributed by atoms with Gasteiger partial charge in [0.2, 0.25) is 0 Å². The number of nitrogens with zero attached hydrogens (tertiary/aromatic N) is 1. The van der Waals surface area contributed by atoms with Gasteiger partial charge in [-0.1, -0.05) is 11.6 Å². The molecule has 0 spiro atoms. The van der Waals surface area contributed by atoms with Crippen molar-refractivity contribution in [2.45, 2.75) is 4.90 Å². The lowest BCUT2D eigenvalue weighted by molar-refractivity contribution is 0.600. The number of anilines is 2. The summed E-state index contributed by atoms with van der Waals surface area (Å²) in [5, 5.41) is 0.220. The Bertz CT molecular complexity index is 722. The quantitative estimate of drug-likeness (QED) is 0.822. The van der Waals surface area contributed by atoms with Crippen LogP contribution in [-0.4, -0.2) is 13.4 Å². The molecule has 0 saturated heterocycles. The zero-order valence-electron chi connectivity index (χ0n) is 9.47. The van der Waals surface area contributed by atoms with Crippen molar-refractivity contribution in [2.24, 2.45) is 0 Å². The molecule has 2 aromatic rings. The van der Waals surface area contributed by atoms with Crippen LogP contribution in [0.1, 0.15) is 0 Å². The molecule has 0 aliphatic heterocycles. The van der Waals surface area contributed by atoms with Gasteiger partial charge in [0.05, 0.1) is 5.02 Å². The average molecular weight is 363 g/mol. The van der Waals surface area contributed by atoms with Gasteiger partial charge in [-0.2, -0.15) is 0 Å². The first kappa shape index (κ1) is 14.1. The number of nitrogen functional groups attached to an aromatic ring is 1. The van der Waals surface area contributed by atoms with Gasteiger partial charge in [0.15, 0.2) is 5.82 Å². The van der Waals surface area contributed by atoms with Gasteiger partial charge in [-0.3, -0.25) is 4.72 Å². The summed E-state index contributed by atoms with van der Waals surface area (Å²) in [5.74, 6) is 0.0768. The predicted molar refractivity (Wildman–Crippen MR) is 78.6 cm³/mol. The molecule has 0 amide bonds. The van der Waals surface area contributed by atoms with E-state index < -0.39 is 10.0 Å². The Hall–Kier alpha value is -1.31. The van der Waals surface area contributed by atoms with Gasteiger partial charge in [-0.05, 0) is 46.3 Å². The lowest BCUT2D eigenvalue weighted by atomic mass is 10.3. The standard InChI is InChI=1S/C11H9BrClN3O2S/c12-8-6-7(14)3-4-10(8)19(17,18)16-11-9(13)2-1-5-15-11/h1-6H,14H2,(H,15,16). The number of rotatable bonds is 3. The molecule has 0 aliphatic rings. The highest BCUT2D eigenvalue weighted by molar-refractivity contribution is 9.10. The van der Waals surface area contributed by atoms with E-state index in [-0.39, 0.29) is 15.7 Å². The normalized spacial score (nSPS) is 11.3. The molecule has 0 saturated carbocycles. The van der Waals surface area contributed by atoms with E-state index in [2.05, 4.69) is 25.6 Å². The second-order valence-corrected chi connectivity index (χ2v) is 6.54. The average Bonchev–Trinajstić information content (AvgIpc) is 2.31. The van der Waals surface area contributed by atoms with E-state index in [0.717, 1.165) is 0 Å². The van der Waals surface area contributed by atoms with Crippen LogP contribution in [0, 0.1) is 0 Å². The maximum absolute atomic E-state index is 12.2. The number of sulfonamides is 1. The maximum atomic E-state index is 12.2. The molecule has 0 radical (unpaired) electrons. The van der Waals surface area contributed by atoms with Crippen LogP contribution >= 0.6 is 27.5 Å². The van der Waals surface area contributed by atoms with Gasteiger partial charge < -0.3 is 5.73 Å². The third-order valence-electron chi connectivity index (χ3n) is 2.23. The maximum Gasteiger partial charge on any atom is 0.264 e. The van der Waals surface area contributed by atoms with Crippen LogP contribution in [0.5, 0.6) is 0 Å². The van der Waals surface area contributed by atoms with Gasteiger partial charge in [-0.15, -0.1) is 0 Å². The van der Waals surface area contributed by atoms with E-state index in [1.54, 1.807) is 12.1 Å². The Balaban J connectivity index is 2.41. The predicted octanol–water partition coefficient (Wildman–Crippen LogP) is 2.88. The molecule has 5 nitrogen and oxygen atoms in total. The van der Waals surface area contributed by atoms with Gasteiger partial charge in [0, 0.05) is 16.4 Å². The van der Waals surface area contributed by atoms with Crippen molar-refractivity contribution in [2.75, 3.05) is 10.5 Å². The van der Waals surface area contributed by atoms with Gasteiger partial charge in [-0.25, -0.2) is 13.4 Å². The van der Waals surface area contributed by atoms with Crippen LogP contribution in [-0.2, 0) is 10.0 Å². The van der Waals surface area contributed by atoms with Crippen LogP contribution in [0.3, 0.4) is 0 Å². The van der Waals surface area contributed by atoms with Gasteiger partial charge in [0.25, 0.3) is 10.0 Å². The summed E-state index contributed by atoms with van der Waals surface area (Å²) >= 11 is 9.02. The molecule has 8 heteroatoms. The third-order valence-corrected chi connectivity index (χ3v) is 4.86. The largest absolute Gasteiger partial charge is 0.399 e. The molecule has 19 heavy (non-hydrogen) atoms. The van der Waals surface area contributed by atoms with Crippen LogP contribution < -0.4 is 10.5 Å². The first-order chi connectivity index (χ1) is 8.90. The fraction of sp³-hybridized carbons (Fsp3) is 0. The minimum Gasteiger partial charge on any atom is -0.399 e. The van der Waals surface area contributed by atoms with Crippen LogP contribution in [0.4, 0.5) is 11.5 Å². The minimum atomic E-state index is -3.78. The summed E-state index contributed by atoms with van der Waals surface area (Å²) < 4.78 is 27.1. The first-order valence-corrected chi connectivity index (χ1v) is 7.74. The highest BCUT2D eigenvalue weighted by Crippen LogP contribution is 2.27. The number of nitrogens with one attached hydrogen (secondary N) is 1. The molecule has 1 aromatic carbocycles. The molecule has 0 atom stereocenters. The van der Waals surface area contributed by atoms with E-state index >= 15 is 0 Å². The lowest BCUT2D eigenvalue weighted by Gasteiger charge is -2.10. The fourth-order valence-electron chi connectivity index (χ4n) is 1.38. The molecule has 0 unspecified atom stereocenters. The Labute approximate surface area is 124 Å². The zero-order valence-corrected chi connectivity index (χ0v) is 12.6. The molecule has 1 aromatic heterocycles. The summed E-state index contributed by atoms with van der Waals surface area (Å²) in [4.78, 5) is 3.93. The lowest BCUT2D eigenvalue weighted by Crippen LogP contribution is -2.14. The van der Waals surface area contributed by atoms with Gasteiger partial charge >= 0.3 is 0 Å². The first-order valence-electron chi connectivity index (χ1n) is 5.08. The van der Waals surface area contributed by atoms with Crippen molar-refractivity contribution in [1.29, 1.82) is 0 Å². The van der Waals surface area contributed by atoms with E-state index in [4.69, 9.17) is 17.3 Å². The summed E-state index contributed by atoms with van der Waals surface area (Å²) in [7, 11) is -3.78. The van der Waals surface area contributed by atoms with E-state index in [1.807, 2.05) is 0 Å². The van der Waals surface area contributed by atoms with Crippen molar-refractivity contribution < 1.29 is 8.42 Å². The number of nitrogens with two attached hydrogens (primary N) is 1. The van der Waals surface area contributed by atoms with E-state index in [0.29, 0.717) is 10.2 Å². The SMILES string of the molecule is Nc1ccc(S(=O)(=O)Nc2ncccc2Cl)c(Br)c1. The Kier molecular flexibility index (Phi) is 3.98. The zero-order chi connectivity index (χ0) is 14.0. The molecule has 0 aliphatic carbocycles. The second kappa shape index (κ2) is 5.36. The number of hydrogen-bond donors (Lipinski definition) is 2. The monoisotopic (exact) mass is 361 g/mol. The van der Waals surface area contributed by atoms with Crippen LogP contribution in [0.2, 0.25) is 5.02 Å². The van der Waals surface area contributed by atoms with Crippen LogP contribution in [0.25, 0.3) is 0 Å². The van der Waals surface area contributed by atoms with Crippen molar-refractivity contribution in [1.82, 2.24) is 4.98 Å². The smallest absolute Gasteiger partial charge is 0.264 e. The number of aromatic nitrogens is 1.